The number of nitrogens with zero attached hydrogens (tertiary/aromatic N) is 5. The van der Waals surface area contributed by atoms with Gasteiger partial charge in [0.15, 0.2) is 0 Å². The molecule has 200 valence electrons. The van der Waals surface area contributed by atoms with Crippen LogP contribution in [0.25, 0.3) is 0 Å². The van der Waals surface area contributed by atoms with Crippen molar-refractivity contribution in [1.29, 1.82) is 0 Å². The van der Waals surface area contributed by atoms with Gasteiger partial charge < -0.3 is 15.1 Å². The van der Waals surface area contributed by atoms with Crippen LogP contribution in [0.2, 0.25) is 0 Å². The van der Waals surface area contributed by atoms with E-state index in [4.69, 9.17) is 4.99 Å². The topological polar surface area (TPSA) is 90.8 Å². The smallest absolute Gasteiger partial charge is 0.272 e. The first-order valence-electron chi connectivity index (χ1n) is 13.3. The maximum atomic E-state index is 13.8. The summed E-state index contributed by atoms with van der Waals surface area (Å²) >= 11 is 1.73. The number of carbonyl (C=O) groups excluding carboxylic acids is 2. The van der Waals surface area contributed by atoms with Crippen molar-refractivity contribution in [3.8, 4) is 0 Å². The first-order valence-corrected chi connectivity index (χ1v) is 14.1. The van der Waals surface area contributed by atoms with Crippen LogP contribution < -0.4 is 5.32 Å². The number of aliphatic imine (C=N–C) groups is 1. The highest BCUT2D eigenvalue weighted by atomic mass is 32.2. The average molecular weight is 549 g/mol. The van der Waals surface area contributed by atoms with Crippen LogP contribution in [0.4, 0.5) is 5.69 Å². The van der Waals surface area contributed by atoms with Crippen LogP contribution in [0.1, 0.15) is 21.6 Å². The maximum Gasteiger partial charge on any atom is 0.272 e. The van der Waals surface area contributed by atoms with Crippen LogP contribution in [0.3, 0.4) is 0 Å². The number of amidine groups is 1. The Bertz CT molecular complexity index is 1540. The summed E-state index contributed by atoms with van der Waals surface area (Å²) < 4.78 is 0. The number of hydrogen-bond donors (Lipinski definition) is 1. The SMILES string of the molecule is O=C(NC(Cc1ccccc1)C(=O)N1CCN(C2=Nc3ccccc3Sc3ccccc32)CC1)c1cnccn1. The summed E-state index contributed by atoms with van der Waals surface area (Å²) in [5.41, 5.74) is 3.20. The summed E-state index contributed by atoms with van der Waals surface area (Å²) in [4.78, 5) is 46.3. The van der Waals surface area contributed by atoms with Crippen LogP contribution in [0, 0.1) is 0 Å². The third-order valence-corrected chi connectivity index (χ3v) is 8.15. The van der Waals surface area contributed by atoms with Crippen LogP contribution in [-0.2, 0) is 11.2 Å². The van der Waals surface area contributed by atoms with Gasteiger partial charge >= 0.3 is 0 Å². The molecule has 1 unspecified atom stereocenters. The van der Waals surface area contributed by atoms with E-state index in [1.807, 2.05) is 59.5 Å². The molecule has 0 radical (unpaired) electrons. The lowest BCUT2D eigenvalue weighted by Gasteiger charge is -2.38. The first kappa shape index (κ1) is 25.8. The van der Waals surface area contributed by atoms with Crippen molar-refractivity contribution in [1.82, 2.24) is 25.1 Å². The molecule has 1 atom stereocenters. The summed E-state index contributed by atoms with van der Waals surface area (Å²) in [6, 6.07) is 25.5. The Morgan fingerprint density at radius 3 is 2.35 bits per heavy atom. The highest BCUT2D eigenvalue weighted by Gasteiger charge is 2.31. The molecule has 1 N–H and O–H groups in total. The van der Waals surface area contributed by atoms with Gasteiger partial charge in [0.2, 0.25) is 5.91 Å². The summed E-state index contributed by atoms with van der Waals surface area (Å²) in [5.74, 6) is 0.406. The second-order valence-corrected chi connectivity index (χ2v) is 10.7. The molecule has 2 aliphatic rings. The Morgan fingerprint density at radius 2 is 1.57 bits per heavy atom. The van der Waals surface area contributed by atoms with Crippen molar-refractivity contribution >= 4 is 35.1 Å². The highest BCUT2D eigenvalue weighted by molar-refractivity contribution is 7.99. The van der Waals surface area contributed by atoms with E-state index < -0.39 is 11.9 Å². The number of hydrogen-bond acceptors (Lipinski definition) is 7. The van der Waals surface area contributed by atoms with Gasteiger partial charge in [-0.25, -0.2) is 9.98 Å². The van der Waals surface area contributed by atoms with Crippen LogP contribution in [0.15, 0.2) is 112 Å². The molecule has 3 heterocycles. The van der Waals surface area contributed by atoms with E-state index >= 15 is 0 Å². The van der Waals surface area contributed by atoms with E-state index in [-0.39, 0.29) is 11.6 Å². The fourth-order valence-corrected chi connectivity index (χ4v) is 5.99. The van der Waals surface area contributed by atoms with Crippen molar-refractivity contribution in [2.75, 3.05) is 26.2 Å². The molecular weight excluding hydrogens is 520 g/mol. The van der Waals surface area contributed by atoms with Crippen molar-refractivity contribution in [3.05, 3.63) is 114 Å². The molecule has 1 aromatic heterocycles. The van der Waals surface area contributed by atoms with Crippen LogP contribution in [-0.4, -0.2) is 69.6 Å². The molecule has 0 spiro atoms. The molecule has 9 heteroatoms. The second kappa shape index (κ2) is 11.7. The standard InChI is InChI=1S/C31H28N6O2S/c38-30(26-21-32-14-15-33-26)35-25(20-22-8-2-1-3-9-22)31(39)37-18-16-36(17-19-37)29-23-10-4-6-12-27(23)40-28-13-7-5-11-24(28)34-29/h1-15,21,25H,16-20H2,(H,35,38). The van der Waals surface area contributed by atoms with E-state index in [0.717, 1.165) is 27.5 Å². The molecule has 4 aromatic rings. The van der Waals surface area contributed by atoms with Crippen LogP contribution >= 0.6 is 11.8 Å². The quantitative estimate of drug-likeness (QED) is 0.402. The molecule has 6 rings (SSSR count). The van der Waals surface area contributed by atoms with Crippen molar-refractivity contribution < 1.29 is 9.59 Å². The number of carbonyl (C=O) groups is 2. The molecule has 3 aromatic carbocycles. The van der Waals surface area contributed by atoms with E-state index in [9.17, 15) is 9.59 Å². The lowest BCUT2D eigenvalue weighted by atomic mass is 10.0. The van der Waals surface area contributed by atoms with E-state index in [2.05, 4.69) is 44.5 Å². The van der Waals surface area contributed by atoms with Gasteiger partial charge in [-0.3, -0.25) is 14.6 Å². The van der Waals surface area contributed by atoms with E-state index in [1.165, 1.54) is 23.5 Å². The minimum Gasteiger partial charge on any atom is -0.353 e. The molecule has 8 nitrogen and oxygen atoms in total. The molecule has 1 fully saturated rings. The minimum absolute atomic E-state index is 0.107. The highest BCUT2D eigenvalue weighted by Crippen LogP contribution is 2.40. The van der Waals surface area contributed by atoms with Gasteiger partial charge in [0.1, 0.15) is 17.6 Å². The number of rotatable bonds is 5. The predicted octanol–water partition coefficient (Wildman–Crippen LogP) is 4.21. The Labute approximate surface area is 237 Å². The number of para-hydroxylation sites is 1. The molecule has 40 heavy (non-hydrogen) atoms. The van der Waals surface area contributed by atoms with Gasteiger partial charge in [0, 0.05) is 60.3 Å². The van der Waals surface area contributed by atoms with Gasteiger partial charge in [-0.2, -0.15) is 0 Å². The summed E-state index contributed by atoms with van der Waals surface area (Å²) in [6.07, 6.45) is 4.77. The Hall–Kier alpha value is -4.50. The van der Waals surface area contributed by atoms with Crippen molar-refractivity contribution in [3.63, 3.8) is 0 Å². The maximum absolute atomic E-state index is 13.8. The molecule has 2 amide bonds. The minimum atomic E-state index is -0.720. The van der Waals surface area contributed by atoms with Crippen LogP contribution in [0.5, 0.6) is 0 Å². The Balaban J connectivity index is 1.20. The second-order valence-electron chi connectivity index (χ2n) is 9.62. The number of benzene rings is 3. The summed E-state index contributed by atoms with van der Waals surface area (Å²) in [5, 5.41) is 2.91. The Kier molecular flexibility index (Phi) is 7.54. The zero-order valence-corrected chi connectivity index (χ0v) is 22.6. The fraction of sp³-hybridized carbons (Fsp3) is 0.194. The third kappa shape index (κ3) is 5.60. The van der Waals surface area contributed by atoms with E-state index in [0.29, 0.717) is 32.6 Å². The van der Waals surface area contributed by atoms with Gasteiger partial charge in [-0.05, 0) is 23.8 Å². The fourth-order valence-electron chi connectivity index (χ4n) is 4.97. The van der Waals surface area contributed by atoms with Gasteiger partial charge in [-0.15, -0.1) is 0 Å². The number of piperazine rings is 1. The molecular formula is C31H28N6O2S. The number of fused-ring (bicyclic) bond motifs is 2. The molecule has 2 aliphatic heterocycles. The zero-order chi connectivity index (χ0) is 27.3. The van der Waals surface area contributed by atoms with Gasteiger partial charge in [0.25, 0.3) is 5.91 Å². The molecule has 0 aliphatic carbocycles. The average Bonchev–Trinajstić information content (AvgIpc) is 3.18. The lowest BCUT2D eigenvalue weighted by molar-refractivity contribution is -0.134. The van der Waals surface area contributed by atoms with E-state index in [1.54, 1.807) is 11.8 Å². The van der Waals surface area contributed by atoms with Gasteiger partial charge in [-0.1, -0.05) is 72.4 Å². The number of aromatic nitrogens is 2. The summed E-state index contributed by atoms with van der Waals surface area (Å²) in [7, 11) is 0. The number of nitrogens with one attached hydrogen (secondary N) is 1. The normalized spacial score (nSPS) is 15.2. The zero-order valence-electron chi connectivity index (χ0n) is 21.8. The van der Waals surface area contributed by atoms with Crippen molar-refractivity contribution in [2.45, 2.75) is 22.3 Å². The number of amides is 2. The first-order chi connectivity index (χ1) is 19.7. The molecule has 0 bridgehead atoms. The van der Waals surface area contributed by atoms with Crippen molar-refractivity contribution in [2.24, 2.45) is 4.99 Å². The predicted molar refractivity (Wildman–Crippen MR) is 155 cm³/mol. The third-order valence-electron chi connectivity index (χ3n) is 7.01. The Morgan fingerprint density at radius 1 is 0.850 bits per heavy atom. The summed E-state index contributed by atoms with van der Waals surface area (Å²) in [6.45, 7) is 2.34. The van der Waals surface area contributed by atoms with Gasteiger partial charge in [0.05, 0.1) is 11.9 Å². The largest absolute Gasteiger partial charge is 0.353 e. The monoisotopic (exact) mass is 548 g/mol. The molecule has 0 saturated carbocycles. The molecule has 1 saturated heterocycles. The lowest BCUT2D eigenvalue weighted by Crippen LogP contribution is -2.56.